The lowest BCUT2D eigenvalue weighted by molar-refractivity contribution is -0.269. The lowest BCUT2D eigenvalue weighted by atomic mass is 9.96. The maximum atomic E-state index is 11.8. The Morgan fingerprint density at radius 2 is 1.50 bits per heavy atom. The molecule has 1 amide bonds. The van der Waals surface area contributed by atoms with Crippen molar-refractivity contribution in [3.8, 4) is 0 Å². The molecule has 0 aliphatic carbocycles. The SMILES string of the molecule is CC(=O)OC[C@H]1O[C@@H](N2[C+]=NC(C(N)=O)=C2O)[C@H](OC(C)=O)[C@@H](OC(C)=O)[C@H]1OC(C)=O. The van der Waals surface area contributed by atoms with Gasteiger partial charge < -0.3 is 34.5 Å². The van der Waals surface area contributed by atoms with Gasteiger partial charge in [0.2, 0.25) is 6.23 Å². The molecule has 2 aliphatic heterocycles. The summed E-state index contributed by atoms with van der Waals surface area (Å²) in [6.45, 7) is 3.86. The van der Waals surface area contributed by atoms with Gasteiger partial charge in [0.25, 0.3) is 6.34 Å². The summed E-state index contributed by atoms with van der Waals surface area (Å²) in [4.78, 5) is 62.4. The van der Waals surface area contributed by atoms with Crippen LogP contribution in [0.1, 0.15) is 27.7 Å². The minimum absolute atomic E-state index is 0.466. The van der Waals surface area contributed by atoms with E-state index in [9.17, 15) is 29.1 Å². The minimum atomic E-state index is -1.51. The fourth-order valence-electron chi connectivity index (χ4n) is 3.07. The first-order valence-corrected chi connectivity index (χ1v) is 9.21. The number of primary amides is 1. The number of ether oxygens (including phenoxy) is 5. The van der Waals surface area contributed by atoms with E-state index >= 15 is 0 Å². The van der Waals surface area contributed by atoms with Crippen molar-refractivity contribution < 1.29 is 52.8 Å². The first-order chi connectivity index (χ1) is 14.9. The zero-order valence-electron chi connectivity index (χ0n) is 17.6. The van der Waals surface area contributed by atoms with Crippen LogP contribution >= 0.6 is 0 Å². The summed E-state index contributed by atoms with van der Waals surface area (Å²) in [5.74, 6) is -5.01. The molecule has 0 bridgehead atoms. The predicted octanol–water partition coefficient (Wildman–Crippen LogP) is -1.50. The van der Waals surface area contributed by atoms with Crippen LogP contribution in [0.5, 0.6) is 0 Å². The highest BCUT2D eigenvalue weighted by Gasteiger charge is 2.57. The largest absolute Gasteiger partial charge is 0.463 e. The maximum absolute atomic E-state index is 11.8. The number of esters is 4. The van der Waals surface area contributed by atoms with Crippen molar-refractivity contribution in [3.63, 3.8) is 0 Å². The summed E-state index contributed by atoms with van der Waals surface area (Å²) in [5, 5.41) is 10.4. The summed E-state index contributed by atoms with van der Waals surface area (Å²) >= 11 is 0. The van der Waals surface area contributed by atoms with E-state index in [1.54, 1.807) is 0 Å². The second kappa shape index (κ2) is 10.0. The number of hydrogen-bond acceptors (Lipinski definition) is 13. The smallest absolute Gasteiger partial charge is 0.387 e. The average molecular weight is 456 g/mol. The molecular formula is C18H22N3O11+. The molecule has 32 heavy (non-hydrogen) atoms. The molecule has 0 aromatic heterocycles. The van der Waals surface area contributed by atoms with E-state index in [1.807, 2.05) is 0 Å². The minimum Gasteiger partial charge on any atom is -0.463 e. The van der Waals surface area contributed by atoms with Crippen molar-refractivity contribution in [1.82, 2.24) is 4.90 Å². The molecule has 14 nitrogen and oxygen atoms in total. The van der Waals surface area contributed by atoms with E-state index in [4.69, 9.17) is 29.4 Å². The number of nitrogens with two attached hydrogens (primary N) is 1. The molecule has 2 aliphatic rings. The van der Waals surface area contributed by atoms with Crippen molar-refractivity contribution in [3.05, 3.63) is 11.6 Å². The van der Waals surface area contributed by atoms with Crippen LogP contribution in [0.3, 0.4) is 0 Å². The molecule has 1 fully saturated rings. The summed E-state index contributed by atoms with van der Waals surface area (Å²) in [6, 6.07) is 0. The van der Waals surface area contributed by atoms with Gasteiger partial charge in [-0.05, 0) is 4.99 Å². The molecule has 14 heteroatoms. The second-order valence-electron chi connectivity index (χ2n) is 6.71. The van der Waals surface area contributed by atoms with Gasteiger partial charge in [-0.25, -0.2) is 4.79 Å². The highest BCUT2D eigenvalue weighted by atomic mass is 16.7. The Labute approximate surface area is 181 Å². The van der Waals surface area contributed by atoms with Crippen LogP contribution in [0.2, 0.25) is 0 Å². The number of carbonyl (C=O) groups is 5. The third kappa shape index (κ3) is 5.68. The van der Waals surface area contributed by atoms with E-state index in [0.29, 0.717) is 0 Å². The van der Waals surface area contributed by atoms with Crippen molar-refractivity contribution in [2.45, 2.75) is 58.3 Å². The monoisotopic (exact) mass is 456 g/mol. The van der Waals surface area contributed by atoms with E-state index in [1.165, 1.54) is 0 Å². The van der Waals surface area contributed by atoms with Gasteiger partial charge in [-0.2, -0.15) is 0 Å². The Kier molecular flexibility index (Phi) is 7.67. The highest BCUT2D eigenvalue weighted by molar-refractivity contribution is 5.95. The summed E-state index contributed by atoms with van der Waals surface area (Å²) < 4.78 is 26.5. The third-order valence-electron chi connectivity index (χ3n) is 4.16. The molecule has 0 aromatic carbocycles. The van der Waals surface area contributed by atoms with E-state index in [-0.39, 0.29) is 0 Å². The standard InChI is InChI=1S/C18H21N3O11/c1-7(22)28-5-11-13(29-8(2)23)14(30-9(3)24)15(31-10(4)25)18(32-11)21-6-20-12(16(19)26)17(21)27/h11,13-15,18H,5H2,1-4H3,(H2-,19,26,27)/p+1/t11-,13+,14+,15-,18-/m1/s1. The topological polar surface area (TPSA) is 193 Å². The summed E-state index contributed by atoms with van der Waals surface area (Å²) in [5.41, 5.74) is 4.59. The zero-order valence-corrected chi connectivity index (χ0v) is 17.6. The second-order valence-corrected chi connectivity index (χ2v) is 6.71. The molecule has 0 unspecified atom stereocenters. The number of amides is 1. The van der Waals surface area contributed by atoms with Crippen LogP contribution in [0, 0.1) is 0 Å². The van der Waals surface area contributed by atoms with Gasteiger partial charge >= 0.3 is 41.4 Å². The van der Waals surface area contributed by atoms with Crippen molar-refractivity contribution in [2.75, 3.05) is 6.61 Å². The van der Waals surface area contributed by atoms with Gasteiger partial charge in [0.15, 0.2) is 18.3 Å². The van der Waals surface area contributed by atoms with Crippen LogP contribution in [0.4, 0.5) is 0 Å². The van der Waals surface area contributed by atoms with Gasteiger partial charge in [-0.1, -0.05) is 0 Å². The van der Waals surface area contributed by atoms with Gasteiger partial charge in [0, 0.05) is 27.7 Å². The van der Waals surface area contributed by atoms with E-state index in [2.05, 4.69) is 11.3 Å². The summed E-state index contributed by atoms with van der Waals surface area (Å²) in [7, 11) is 0. The molecule has 0 radical (unpaired) electrons. The van der Waals surface area contributed by atoms with E-state index < -0.39 is 78.6 Å². The number of carbonyl (C=O) groups excluding carboxylic acids is 5. The molecule has 3 N–H and O–H groups in total. The quantitative estimate of drug-likeness (QED) is 0.256. The Hall–Kier alpha value is -3.77. The van der Waals surface area contributed by atoms with Crippen LogP contribution in [0.25, 0.3) is 0 Å². The number of hydrogen-bond donors (Lipinski definition) is 2. The fourth-order valence-corrected chi connectivity index (χ4v) is 3.07. The molecular weight excluding hydrogens is 434 g/mol. The molecule has 2 heterocycles. The maximum Gasteiger partial charge on any atom is 0.387 e. The van der Waals surface area contributed by atoms with Gasteiger partial charge in [-0.3, -0.25) is 19.2 Å². The van der Waals surface area contributed by atoms with Crippen molar-refractivity contribution in [1.29, 1.82) is 0 Å². The van der Waals surface area contributed by atoms with Crippen LogP contribution in [0.15, 0.2) is 16.6 Å². The highest BCUT2D eigenvalue weighted by Crippen LogP contribution is 2.33. The molecule has 0 aromatic rings. The molecule has 0 spiro atoms. The molecule has 5 atom stereocenters. The first kappa shape index (κ1) is 24.5. The predicted molar refractivity (Wildman–Crippen MR) is 100 cm³/mol. The van der Waals surface area contributed by atoms with Gasteiger partial charge in [0.05, 0.1) is 0 Å². The third-order valence-corrected chi connectivity index (χ3v) is 4.16. The van der Waals surface area contributed by atoms with Gasteiger partial charge in [-0.15, -0.1) is 4.90 Å². The summed E-state index contributed by atoms with van der Waals surface area (Å²) in [6.07, 6.45) is -4.82. The van der Waals surface area contributed by atoms with Crippen LogP contribution in [-0.2, 0) is 47.7 Å². The van der Waals surface area contributed by atoms with Crippen LogP contribution in [-0.4, -0.2) is 83.4 Å². The molecule has 0 saturated carbocycles. The Morgan fingerprint density at radius 1 is 0.969 bits per heavy atom. The average Bonchev–Trinajstić information content (AvgIpc) is 3.04. The Morgan fingerprint density at radius 3 is 1.97 bits per heavy atom. The number of aliphatic hydroxyl groups excluding tert-OH is 1. The lowest BCUT2D eigenvalue weighted by Gasteiger charge is -2.44. The van der Waals surface area contributed by atoms with Crippen molar-refractivity contribution in [2.24, 2.45) is 10.7 Å². The van der Waals surface area contributed by atoms with Crippen LogP contribution < -0.4 is 5.73 Å². The molecule has 1 saturated heterocycles. The molecule has 174 valence electrons. The molecule has 2 rings (SSSR count). The number of aliphatic imine (C=N–C) groups is 1. The normalized spacial score (nSPS) is 26.8. The number of rotatable bonds is 7. The number of nitrogens with zero attached hydrogens (tertiary/aromatic N) is 2. The fraction of sp³-hybridized carbons (Fsp3) is 0.556. The number of aliphatic hydroxyl groups is 1. The Balaban J connectivity index is 2.54. The first-order valence-electron chi connectivity index (χ1n) is 9.21. The van der Waals surface area contributed by atoms with Crippen molar-refractivity contribution >= 4 is 36.1 Å². The lowest BCUT2D eigenvalue weighted by Crippen LogP contribution is -2.65. The Bertz CT molecular complexity index is 868. The van der Waals surface area contributed by atoms with E-state index in [0.717, 1.165) is 32.6 Å². The van der Waals surface area contributed by atoms with Gasteiger partial charge in [0.1, 0.15) is 12.7 Å². The zero-order chi connectivity index (χ0) is 24.2.